The van der Waals surface area contributed by atoms with E-state index in [1.807, 2.05) is 26.0 Å². The molecular weight excluding hydrogens is 378 g/mol. The van der Waals surface area contributed by atoms with E-state index in [0.717, 1.165) is 5.56 Å². The number of anilines is 2. The minimum Gasteiger partial charge on any atom is -0.340 e. The van der Waals surface area contributed by atoms with Gasteiger partial charge in [0, 0.05) is 23.9 Å². The number of hydrogen-bond acceptors (Lipinski definition) is 3. The van der Waals surface area contributed by atoms with Crippen molar-refractivity contribution in [2.45, 2.75) is 53.0 Å². The summed E-state index contributed by atoms with van der Waals surface area (Å²) in [5, 5.41) is 8.33. The average Bonchev–Trinajstić information content (AvgIpc) is 2.64. The van der Waals surface area contributed by atoms with Gasteiger partial charge in [0.25, 0.3) is 5.91 Å². The van der Waals surface area contributed by atoms with Crippen LogP contribution < -0.4 is 16.0 Å². The molecular formula is C24H31N3O3. The molecule has 0 aliphatic carbocycles. The molecule has 0 aliphatic heterocycles. The summed E-state index contributed by atoms with van der Waals surface area (Å²) in [5.74, 6) is -0.912. The lowest BCUT2D eigenvalue weighted by atomic mass is 9.86. The van der Waals surface area contributed by atoms with Gasteiger partial charge in [-0.2, -0.15) is 0 Å². The van der Waals surface area contributed by atoms with Crippen molar-refractivity contribution in [3.05, 3.63) is 59.7 Å². The number of benzene rings is 2. The summed E-state index contributed by atoms with van der Waals surface area (Å²) < 4.78 is 0. The Kier molecular flexibility index (Phi) is 7.38. The van der Waals surface area contributed by atoms with Crippen LogP contribution in [0.25, 0.3) is 0 Å². The molecule has 3 N–H and O–H groups in total. The zero-order valence-electron chi connectivity index (χ0n) is 18.5. The van der Waals surface area contributed by atoms with Gasteiger partial charge >= 0.3 is 0 Å². The Morgan fingerprint density at radius 1 is 0.867 bits per heavy atom. The highest BCUT2D eigenvalue weighted by Gasteiger charge is 2.25. The maximum absolute atomic E-state index is 12.8. The fraction of sp³-hybridized carbons (Fsp3) is 0.375. The molecule has 0 aromatic heterocycles. The highest BCUT2D eigenvalue weighted by Crippen LogP contribution is 2.22. The third kappa shape index (κ3) is 6.44. The lowest BCUT2D eigenvalue weighted by Gasteiger charge is -2.22. The third-order valence-electron chi connectivity index (χ3n) is 4.70. The molecule has 0 bridgehead atoms. The molecule has 2 aromatic rings. The van der Waals surface area contributed by atoms with Crippen LogP contribution in [-0.4, -0.2) is 23.8 Å². The van der Waals surface area contributed by atoms with E-state index in [-0.39, 0.29) is 29.1 Å². The van der Waals surface area contributed by atoms with Crippen LogP contribution in [0.15, 0.2) is 48.5 Å². The molecule has 0 heterocycles. The molecule has 2 rings (SSSR count). The van der Waals surface area contributed by atoms with Gasteiger partial charge in [-0.05, 0) is 47.2 Å². The smallest absolute Gasteiger partial charge is 0.251 e. The fourth-order valence-corrected chi connectivity index (χ4v) is 2.98. The summed E-state index contributed by atoms with van der Waals surface area (Å²) in [6.45, 7) is 11.5. The van der Waals surface area contributed by atoms with E-state index in [1.54, 1.807) is 36.4 Å². The predicted octanol–water partition coefficient (Wildman–Crippen LogP) is 4.34. The minimum atomic E-state index is -0.704. The van der Waals surface area contributed by atoms with E-state index in [1.165, 1.54) is 6.92 Å². The summed E-state index contributed by atoms with van der Waals surface area (Å²) in [4.78, 5) is 36.8. The first kappa shape index (κ1) is 23.1. The number of carbonyl (C=O) groups excluding carboxylic acids is 3. The largest absolute Gasteiger partial charge is 0.340 e. The molecule has 0 radical (unpaired) electrons. The van der Waals surface area contributed by atoms with Crippen molar-refractivity contribution in [1.29, 1.82) is 0 Å². The summed E-state index contributed by atoms with van der Waals surface area (Å²) >= 11 is 0. The summed E-state index contributed by atoms with van der Waals surface area (Å²) in [7, 11) is 0. The standard InChI is InChI=1S/C24H31N3O3/c1-15(2)21(23(30)26-20-9-7-8-19(14-20)25-16(3)28)27-22(29)17-10-12-18(13-11-17)24(4,5)6/h7-15,21H,1-6H3,(H,25,28)(H,26,30)(H,27,29). The number of nitrogens with one attached hydrogen (secondary N) is 3. The van der Waals surface area contributed by atoms with Crippen molar-refractivity contribution in [3.63, 3.8) is 0 Å². The van der Waals surface area contributed by atoms with Gasteiger partial charge in [0.15, 0.2) is 0 Å². The molecule has 6 heteroatoms. The van der Waals surface area contributed by atoms with E-state index in [2.05, 4.69) is 36.7 Å². The zero-order valence-corrected chi connectivity index (χ0v) is 18.5. The fourth-order valence-electron chi connectivity index (χ4n) is 2.98. The van der Waals surface area contributed by atoms with Crippen LogP contribution in [0.5, 0.6) is 0 Å². The summed E-state index contributed by atoms with van der Waals surface area (Å²) in [5.41, 5.74) is 2.77. The van der Waals surface area contributed by atoms with Crippen LogP contribution >= 0.6 is 0 Å². The maximum Gasteiger partial charge on any atom is 0.251 e. The van der Waals surface area contributed by atoms with Gasteiger partial charge in [-0.15, -0.1) is 0 Å². The molecule has 0 fully saturated rings. The van der Waals surface area contributed by atoms with E-state index in [0.29, 0.717) is 16.9 Å². The molecule has 0 saturated carbocycles. The van der Waals surface area contributed by atoms with Gasteiger partial charge in [-0.1, -0.05) is 52.8 Å². The van der Waals surface area contributed by atoms with Crippen LogP contribution in [0.3, 0.4) is 0 Å². The Balaban J connectivity index is 2.10. The lowest BCUT2D eigenvalue weighted by Crippen LogP contribution is -2.47. The van der Waals surface area contributed by atoms with Crippen LogP contribution in [0, 0.1) is 5.92 Å². The maximum atomic E-state index is 12.8. The van der Waals surface area contributed by atoms with Crippen molar-refractivity contribution in [1.82, 2.24) is 5.32 Å². The highest BCUT2D eigenvalue weighted by atomic mass is 16.2. The zero-order chi connectivity index (χ0) is 22.5. The van der Waals surface area contributed by atoms with E-state index in [4.69, 9.17) is 0 Å². The van der Waals surface area contributed by atoms with E-state index in [9.17, 15) is 14.4 Å². The van der Waals surface area contributed by atoms with Gasteiger partial charge in [-0.25, -0.2) is 0 Å². The number of hydrogen-bond donors (Lipinski definition) is 3. The van der Waals surface area contributed by atoms with Crippen LogP contribution in [-0.2, 0) is 15.0 Å². The first-order valence-corrected chi connectivity index (χ1v) is 10.1. The second kappa shape index (κ2) is 9.57. The molecule has 0 aliphatic rings. The summed E-state index contributed by atoms with van der Waals surface area (Å²) in [6, 6.07) is 13.6. The lowest BCUT2D eigenvalue weighted by molar-refractivity contribution is -0.119. The first-order chi connectivity index (χ1) is 14.0. The van der Waals surface area contributed by atoms with Crippen LogP contribution in [0.2, 0.25) is 0 Å². The Morgan fingerprint density at radius 2 is 1.43 bits per heavy atom. The van der Waals surface area contributed by atoms with E-state index >= 15 is 0 Å². The molecule has 0 spiro atoms. The molecule has 6 nitrogen and oxygen atoms in total. The predicted molar refractivity (Wildman–Crippen MR) is 121 cm³/mol. The Morgan fingerprint density at radius 3 is 1.93 bits per heavy atom. The van der Waals surface area contributed by atoms with Crippen LogP contribution in [0.4, 0.5) is 11.4 Å². The van der Waals surface area contributed by atoms with Crippen molar-refractivity contribution >= 4 is 29.1 Å². The highest BCUT2D eigenvalue weighted by molar-refractivity contribution is 6.01. The van der Waals surface area contributed by atoms with Crippen molar-refractivity contribution < 1.29 is 14.4 Å². The Labute approximate surface area is 178 Å². The third-order valence-corrected chi connectivity index (χ3v) is 4.70. The summed E-state index contributed by atoms with van der Waals surface area (Å²) in [6.07, 6.45) is 0. The second-order valence-corrected chi connectivity index (χ2v) is 8.77. The number of amides is 3. The number of rotatable bonds is 6. The SMILES string of the molecule is CC(=O)Nc1cccc(NC(=O)C(NC(=O)c2ccc(C(C)(C)C)cc2)C(C)C)c1. The van der Waals surface area contributed by atoms with Gasteiger partial charge < -0.3 is 16.0 Å². The van der Waals surface area contributed by atoms with Gasteiger partial charge in [-0.3, -0.25) is 14.4 Å². The quantitative estimate of drug-likeness (QED) is 0.663. The monoisotopic (exact) mass is 409 g/mol. The molecule has 1 unspecified atom stereocenters. The molecule has 0 saturated heterocycles. The molecule has 30 heavy (non-hydrogen) atoms. The van der Waals surface area contributed by atoms with Crippen molar-refractivity contribution in [3.8, 4) is 0 Å². The van der Waals surface area contributed by atoms with Crippen LogP contribution in [0.1, 0.15) is 57.5 Å². The Bertz CT molecular complexity index is 912. The molecule has 2 aromatic carbocycles. The number of carbonyl (C=O) groups is 3. The minimum absolute atomic E-state index is 0.00113. The molecule has 1 atom stereocenters. The van der Waals surface area contributed by atoms with Gasteiger partial charge in [0.1, 0.15) is 6.04 Å². The normalized spacial score (nSPS) is 12.2. The van der Waals surface area contributed by atoms with Crippen molar-refractivity contribution in [2.24, 2.45) is 5.92 Å². The second-order valence-electron chi connectivity index (χ2n) is 8.77. The first-order valence-electron chi connectivity index (χ1n) is 10.1. The molecule has 3 amide bonds. The molecule has 160 valence electrons. The van der Waals surface area contributed by atoms with Crippen molar-refractivity contribution in [2.75, 3.05) is 10.6 Å². The van der Waals surface area contributed by atoms with Gasteiger partial charge in [0.2, 0.25) is 11.8 Å². The van der Waals surface area contributed by atoms with E-state index < -0.39 is 6.04 Å². The van der Waals surface area contributed by atoms with Gasteiger partial charge in [0.05, 0.1) is 0 Å². The average molecular weight is 410 g/mol. The Hall–Kier alpha value is -3.15. The topological polar surface area (TPSA) is 87.3 Å².